The molecule has 0 aliphatic heterocycles. The van der Waals surface area contributed by atoms with Gasteiger partial charge >= 0.3 is 5.97 Å². The molecule has 2 aromatic rings. The number of carboxylic acids is 1. The number of likely N-dealkylation sites (N-methyl/N-ethyl adjacent to an activating group) is 1. The van der Waals surface area contributed by atoms with Crippen LogP contribution in [0.15, 0.2) is 22.6 Å². The molecule has 0 amide bonds. The Morgan fingerprint density at radius 2 is 2.17 bits per heavy atom. The van der Waals surface area contributed by atoms with Gasteiger partial charge in [-0.1, -0.05) is 0 Å². The molecule has 0 saturated heterocycles. The van der Waals surface area contributed by atoms with E-state index in [1.54, 1.807) is 19.1 Å². The molecule has 94 valence electrons. The minimum Gasteiger partial charge on any atom is -0.480 e. The molecule has 0 bridgehead atoms. The van der Waals surface area contributed by atoms with Gasteiger partial charge in [-0.3, -0.25) is 9.59 Å². The molecule has 6 heteroatoms. The van der Waals surface area contributed by atoms with Crippen LogP contribution in [-0.4, -0.2) is 34.9 Å². The van der Waals surface area contributed by atoms with Gasteiger partial charge in [0.05, 0.1) is 0 Å². The van der Waals surface area contributed by atoms with Crippen LogP contribution >= 0.6 is 0 Å². The minimum atomic E-state index is -1.26. The number of hydrogen-bond acceptors (Lipinski definition) is 5. The van der Waals surface area contributed by atoms with E-state index in [1.807, 2.05) is 0 Å². The van der Waals surface area contributed by atoms with Gasteiger partial charge in [0.1, 0.15) is 5.52 Å². The van der Waals surface area contributed by atoms with E-state index in [0.29, 0.717) is 17.0 Å². The molecule has 1 aromatic heterocycles. The third kappa shape index (κ3) is 2.10. The van der Waals surface area contributed by atoms with Crippen LogP contribution in [0, 0.1) is 6.92 Å². The van der Waals surface area contributed by atoms with Crippen LogP contribution in [0.4, 0.5) is 0 Å². The third-order valence-corrected chi connectivity index (χ3v) is 2.58. The maximum Gasteiger partial charge on any atom is 0.328 e. The van der Waals surface area contributed by atoms with Crippen molar-refractivity contribution in [2.75, 3.05) is 7.05 Å². The molecule has 6 nitrogen and oxygen atoms in total. The molecule has 1 heterocycles. The van der Waals surface area contributed by atoms with Crippen molar-refractivity contribution < 1.29 is 19.1 Å². The molecule has 18 heavy (non-hydrogen) atoms. The predicted molar refractivity (Wildman–Crippen MR) is 63.6 cm³/mol. The Morgan fingerprint density at radius 1 is 1.44 bits per heavy atom. The van der Waals surface area contributed by atoms with E-state index in [2.05, 4.69) is 10.3 Å². The average Bonchev–Trinajstić information content (AvgIpc) is 2.68. The summed E-state index contributed by atoms with van der Waals surface area (Å²) < 4.78 is 5.30. The third-order valence-electron chi connectivity index (χ3n) is 2.58. The van der Waals surface area contributed by atoms with E-state index in [-0.39, 0.29) is 5.56 Å². The monoisotopic (exact) mass is 248 g/mol. The summed E-state index contributed by atoms with van der Waals surface area (Å²) in [7, 11) is 1.42. The molecule has 0 aliphatic rings. The maximum absolute atomic E-state index is 12.0. The summed E-state index contributed by atoms with van der Waals surface area (Å²) in [6.45, 7) is 1.70. The highest BCUT2D eigenvalue weighted by atomic mass is 16.4. The zero-order chi connectivity index (χ0) is 13.3. The Balaban J connectivity index is 2.41. The standard InChI is InChI=1S/C12H12N2O4/c1-6-14-8-4-3-7(5-9(8)18-6)11(15)10(13-2)12(16)17/h3-5,10,13H,1-2H3,(H,16,17). The Labute approximate surface area is 103 Å². The largest absolute Gasteiger partial charge is 0.480 e. The molecule has 0 saturated carbocycles. The van der Waals surface area contributed by atoms with Crippen LogP contribution in [0.2, 0.25) is 0 Å². The van der Waals surface area contributed by atoms with Gasteiger partial charge < -0.3 is 14.8 Å². The number of rotatable bonds is 4. The van der Waals surface area contributed by atoms with Gasteiger partial charge in [0.2, 0.25) is 0 Å². The molecule has 0 fully saturated rings. The van der Waals surface area contributed by atoms with Gasteiger partial charge in [-0.2, -0.15) is 0 Å². The summed E-state index contributed by atoms with van der Waals surface area (Å²) in [6.07, 6.45) is 0. The van der Waals surface area contributed by atoms with Crippen LogP contribution in [-0.2, 0) is 4.79 Å². The zero-order valence-electron chi connectivity index (χ0n) is 9.93. The Hall–Kier alpha value is -2.21. The summed E-state index contributed by atoms with van der Waals surface area (Å²) in [5.41, 5.74) is 1.39. The molecule has 1 unspecified atom stereocenters. The highest BCUT2D eigenvalue weighted by molar-refractivity contribution is 6.12. The van der Waals surface area contributed by atoms with Crippen LogP contribution in [0.5, 0.6) is 0 Å². The van der Waals surface area contributed by atoms with E-state index >= 15 is 0 Å². The fourth-order valence-electron chi connectivity index (χ4n) is 1.73. The Bertz CT molecular complexity index is 618. The lowest BCUT2D eigenvalue weighted by Crippen LogP contribution is -2.41. The van der Waals surface area contributed by atoms with Crippen molar-refractivity contribution in [3.63, 3.8) is 0 Å². The SMILES string of the molecule is CNC(C(=O)O)C(=O)c1ccc2nc(C)oc2c1. The first-order chi connectivity index (χ1) is 8.52. The number of carbonyl (C=O) groups excluding carboxylic acids is 1. The normalized spacial score (nSPS) is 12.6. The topological polar surface area (TPSA) is 92.4 Å². The summed E-state index contributed by atoms with van der Waals surface area (Å²) in [5, 5.41) is 11.4. The first-order valence-corrected chi connectivity index (χ1v) is 5.34. The van der Waals surface area contributed by atoms with Gasteiger partial charge in [-0.15, -0.1) is 0 Å². The second-order valence-electron chi connectivity index (χ2n) is 3.84. The number of benzene rings is 1. The quantitative estimate of drug-likeness (QED) is 0.619. The molecule has 2 N–H and O–H groups in total. The van der Waals surface area contributed by atoms with Gasteiger partial charge in [0.15, 0.2) is 23.3 Å². The number of carboxylic acid groups (broad SMARTS) is 1. The van der Waals surface area contributed by atoms with Crippen LogP contribution in [0.1, 0.15) is 16.2 Å². The molecule has 0 aliphatic carbocycles. The first kappa shape index (κ1) is 12.3. The summed E-state index contributed by atoms with van der Waals surface area (Å²) in [5.74, 6) is -1.23. The number of aryl methyl sites for hydroxylation is 1. The van der Waals surface area contributed by atoms with Crippen molar-refractivity contribution in [2.24, 2.45) is 0 Å². The molecule has 1 atom stereocenters. The highest BCUT2D eigenvalue weighted by Gasteiger charge is 2.25. The van der Waals surface area contributed by atoms with Crippen LogP contribution in [0.25, 0.3) is 11.1 Å². The van der Waals surface area contributed by atoms with E-state index in [1.165, 1.54) is 13.1 Å². The predicted octanol–water partition coefficient (Wildman–Crippen LogP) is 0.992. The van der Waals surface area contributed by atoms with Gasteiger partial charge in [0.25, 0.3) is 0 Å². The van der Waals surface area contributed by atoms with Crippen molar-refractivity contribution in [2.45, 2.75) is 13.0 Å². The Kier molecular flexibility index (Phi) is 3.12. The summed E-state index contributed by atoms with van der Waals surface area (Å²) in [4.78, 5) is 27.0. The second-order valence-corrected chi connectivity index (χ2v) is 3.84. The summed E-state index contributed by atoms with van der Waals surface area (Å²) >= 11 is 0. The van der Waals surface area contributed by atoms with Crippen molar-refractivity contribution >= 4 is 22.9 Å². The van der Waals surface area contributed by atoms with Gasteiger partial charge in [0, 0.05) is 12.5 Å². The zero-order valence-corrected chi connectivity index (χ0v) is 9.93. The molecule has 0 radical (unpaired) electrons. The number of ketones is 1. The number of aromatic nitrogens is 1. The van der Waals surface area contributed by atoms with E-state index in [0.717, 1.165) is 0 Å². The van der Waals surface area contributed by atoms with Gasteiger partial charge in [-0.05, 0) is 25.2 Å². The van der Waals surface area contributed by atoms with E-state index < -0.39 is 17.8 Å². The van der Waals surface area contributed by atoms with Crippen LogP contribution < -0.4 is 5.32 Å². The fraction of sp³-hybridized carbons (Fsp3) is 0.250. The number of nitrogens with zero attached hydrogens (tertiary/aromatic N) is 1. The molecule has 1 aromatic carbocycles. The number of oxazole rings is 1. The second kappa shape index (κ2) is 4.58. The van der Waals surface area contributed by atoms with Crippen molar-refractivity contribution in [1.82, 2.24) is 10.3 Å². The first-order valence-electron chi connectivity index (χ1n) is 5.34. The van der Waals surface area contributed by atoms with Crippen LogP contribution in [0.3, 0.4) is 0 Å². The molecule has 0 spiro atoms. The lowest BCUT2D eigenvalue weighted by atomic mass is 10.0. The van der Waals surface area contributed by atoms with Crippen molar-refractivity contribution in [1.29, 1.82) is 0 Å². The summed E-state index contributed by atoms with van der Waals surface area (Å²) in [6, 6.07) is 3.42. The lowest BCUT2D eigenvalue weighted by Gasteiger charge is -2.09. The average molecular weight is 248 g/mol. The number of Topliss-reactive ketones (excluding diaryl/α,β-unsaturated/α-hetero) is 1. The molecule has 2 rings (SSSR count). The fourth-order valence-corrected chi connectivity index (χ4v) is 1.73. The Morgan fingerprint density at radius 3 is 2.78 bits per heavy atom. The number of fused-ring (bicyclic) bond motifs is 1. The number of aliphatic carboxylic acids is 1. The van der Waals surface area contributed by atoms with Crippen molar-refractivity contribution in [3.8, 4) is 0 Å². The lowest BCUT2D eigenvalue weighted by molar-refractivity contribution is -0.137. The smallest absolute Gasteiger partial charge is 0.328 e. The maximum atomic E-state index is 12.0. The van der Waals surface area contributed by atoms with E-state index in [9.17, 15) is 9.59 Å². The molecular formula is C12H12N2O4. The molecular weight excluding hydrogens is 236 g/mol. The van der Waals surface area contributed by atoms with Gasteiger partial charge in [-0.25, -0.2) is 4.98 Å². The van der Waals surface area contributed by atoms with E-state index in [4.69, 9.17) is 9.52 Å². The highest BCUT2D eigenvalue weighted by Crippen LogP contribution is 2.17. The number of carbonyl (C=O) groups is 2. The van der Waals surface area contributed by atoms with Crippen molar-refractivity contribution in [3.05, 3.63) is 29.7 Å². The number of hydrogen-bond donors (Lipinski definition) is 2. The minimum absolute atomic E-state index is 0.278. The number of nitrogens with one attached hydrogen (secondary N) is 1.